The summed E-state index contributed by atoms with van der Waals surface area (Å²) in [4.78, 5) is 17.7. The number of hydrogen-bond acceptors (Lipinski definition) is 3. The van der Waals surface area contributed by atoms with Crippen LogP contribution in [0.5, 0.6) is 0 Å². The number of benzene rings is 2. The Kier molecular flexibility index (Phi) is 5.32. The van der Waals surface area contributed by atoms with Gasteiger partial charge in [0.25, 0.3) is 5.91 Å². The Morgan fingerprint density at radius 2 is 1.81 bits per heavy atom. The molecule has 0 spiro atoms. The quantitative estimate of drug-likeness (QED) is 0.648. The Labute approximate surface area is 182 Å². The van der Waals surface area contributed by atoms with Crippen molar-refractivity contribution in [2.24, 2.45) is 0 Å². The van der Waals surface area contributed by atoms with Gasteiger partial charge in [-0.2, -0.15) is 5.10 Å². The molecule has 0 radical (unpaired) electrons. The summed E-state index contributed by atoms with van der Waals surface area (Å²) in [5.74, 6) is -0.249. The smallest absolute Gasteiger partial charge is 0.274 e. The minimum atomic E-state index is -0.271. The molecule has 1 amide bonds. The molecule has 1 aliphatic heterocycles. The van der Waals surface area contributed by atoms with E-state index < -0.39 is 0 Å². The molecule has 2 aliphatic rings. The predicted molar refractivity (Wildman–Crippen MR) is 118 cm³/mol. The average Bonchev–Trinajstić information content (AvgIpc) is 3.38. The minimum absolute atomic E-state index is 0.0224. The molecule has 0 atom stereocenters. The van der Waals surface area contributed by atoms with Crippen molar-refractivity contribution < 1.29 is 9.18 Å². The molecule has 0 N–H and O–H groups in total. The van der Waals surface area contributed by atoms with Crippen LogP contribution >= 0.6 is 0 Å². The third-order valence-electron chi connectivity index (χ3n) is 6.35. The fourth-order valence-corrected chi connectivity index (χ4v) is 4.73. The number of aryl methyl sites for hydroxylation is 1. The van der Waals surface area contributed by atoms with Gasteiger partial charge in [0.1, 0.15) is 5.82 Å². The van der Waals surface area contributed by atoms with E-state index in [1.807, 2.05) is 9.58 Å². The molecule has 1 saturated heterocycles. The maximum atomic E-state index is 13.3. The van der Waals surface area contributed by atoms with Crippen LogP contribution < -0.4 is 0 Å². The van der Waals surface area contributed by atoms with Gasteiger partial charge < -0.3 is 4.90 Å². The van der Waals surface area contributed by atoms with Gasteiger partial charge in [-0.25, -0.2) is 9.07 Å². The number of carbonyl (C=O) groups is 1. The van der Waals surface area contributed by atoms with E-state index >= 15 is 0 Å². The van der Waals surface area contributed by atoms with Crippen LogP contribution in [0.4, 0.5) is 4.39 Å². The largest absolute Gasteiger partial charge is 0.335 e. The van der Waals surface area contributed by atoms with Crippen LogP contribution in [0.3, 0.4) is 0 Å². The van der Waals surface area contributed by atoms with Crippen LogP contribution in [0.25, 0.3) is 5.69 Å². The summed E-state index contributed by atoms with van der Waals surface area (Å²) in [5.41, 5.74) is 6.13. The van der Waals surface area contributed by atoms with Crippen molar-refractivity contribution in [3.63, 3.8) is 0 Å². The molecule has 0 bridgehead atoms. The highest BCUT2D eigenvalue weighted by Crippen LogP contribution is 2.29. The fraction of sp³-hybridized carbons (Fsp3) is 0.360. The van der Waals surface area contributed by atoms with E-state index in [0.717, 1.165) is 55.8 Å². The Morgan fingerprint density at radius 3 is 2.55 bits per heavy atom. The lowest BCUT2D eigenvalue weighted by molar-refractivity contribution is 0.0621. The van der Waals surface area contributed by atoms with Crippen molar-refractivity contribution in [1.82, 2.24) is 19.6 Å². The van der Waals surface area contributed by atoms with Crippen molar-refractivity contribution in [2.75, 3.05) is 26.2 Å². The zero-order chi connectivity index (χ0) is 21.4. The molecule has 1 fully saturated rings. The van der Waals surface area contributed by atoms with E-state index in [1.54, 1.807) is 12.1 Å². The lowest BCUT2D eigenvalue weighted by Crippen LogP contribution is -2.48. The van der Waals surface area contributed by atoms with Gasteiger partial charge >= 0.3 is 0 Å². The Hall–Kier alpha value is -2.99. The summed E-state index contributed by atoms with van der Waals surface area (Å²) in [5, 5.41) is 4.69. The zero-order valence-corrected chi connectivity index (χ0v) is 17.9. The molecular weight excluding hydrogens is 391 g/mol. The van der Waals surface area contributed by atoms with E-state index in [2.05, 4.69) is 36.1 Å². The summed E-state index contributed by atoms with van der Waals surface area (Å²) in [6.07, 6.45) is 2.81. The van der Waals surface area contributed by atoms with Crippen molar-refractivity contribution in [3.8, 4) is 5.69 Å². The summed E-state index contributed by atoms with van der Waals surface area (Å²) >= 11 is 0. The maximum Gasteiger partial charge on any atom is 0.274 e. The van der Waals surface area contributed by atoms with Crippen LogP contribution in [0, 0.1) is 12.7 Å². The Bertz CT molecular complexity index is 1100. The van der Waals surface area contributed by atoms with Crippen molar-refractivity contribution >= 4 is 5.91 Å². The van der Waals surface area contributed by atoms with Crippen molar-refractivity contribution in [1.29, 1.82) is 0 Å². The molecule has 3 aromatic rings. The second kappa shape index (κ2) is 8.27. The number of hydrogen-bond donors (Lipinski definition) is 0. The lowest BCUT2D eigenvalue weighted by atomic mass is 10.1. The third kappa shape index (κ3) is 4.00. The molecule has 0 saturated carbocycles. The topological polar surface area (TPSA) is 41.4 Å². The molecule has 5 nitrogen and oxygen atoms in total. The standard InChI is InChI=1S/C25H27FN4O/c1-18-4-2-5-19(16-18)17-28-12-14-29(15-13-28)25(31)24-22-6-3-7-23(22)30(27-24)21-10-8-20(26)9-11-21/h2,4-5,8-11,16H,3,6-7,12-15,17H2,1H3. The molecular formula is C25H27FN4O. The number of carbonyl (C=O) groups excluding carboxylic acids is 1. The number of nitrogens with zero attached hydrogens (tertiary/aromatic N) is 4. The van der Waals surface area contributed by atoms with E-state index in [-0.39, 0.29) is 11.7 Å². The van der Waals surface area contributed by atoms with Gasteiger partial charge in [-0.05, 0) is 56.0 Å². The van der Waals surface area contributed by atoms with Crippen LogP contribution in [-0.2, 0) is 19.4 Å². The highest BCUT2D eigenvalue weighted by Gasteiger charge is 2.31. The van der Waals surface area contributed by atoms with Gasteiger partial charge in [-0.3, -0.25) is 9.69 Å². The second-order valence-corrected chi connectivity index (χ2v) is 8.57. The number of piperazine rings is 1. The summed E-state index contributed by atoms with van der Waals surface area (Å²) in [7, 11) is 0. The Balaban J connectivity index is 1.30. The number of amides is 1. The highest BCUT2D eigenvalue weighted by atomic mass is 19.1. The minimum Gasteiger partial charge on any atom is -0.335 e. The maximum absolute atomic E-state index is 13.3. The number of halogens is 1. The van der Waals surface area contributed by atoms with E-state index in [4.69, 9.17) is 5.10 Å². The SMILES string of the molecule is Cc1cccc(CN2CCN(C(=O)c3nn(-c4ccc(F)cc4)c4c3CCC4)CC2)c1. The molecule has 31 heavy (non-hydrogen) atoms. The van der Waals surface area contributed by atoms with E-state index in [9.17, 15) is 9.18 Å². The van der Waals surface area contributed by atoms with Gasteiger partial charge in [0.15, 0.2) is 5.69 Å². The van der Waals surface area contributed by atoms with Crippen LogP contribution in [-0.4, -0.2) is 51.7 Å². The van der Waals surface area contributed by atoms with Gasteiger partial charge in [0, 0.05) is 44.0 Å². The molecule has 6 heteroatoms. The van der Waals surface area contributed by atoms with E-state index in [0.29, 0.717) is 18.8 Å². The van der Waals surface area contributed by atoms with Gasteiger partial charge in [0.05, 0.1) is 5.69 Å². The molecule has 160 valence electrons. The zero-order valence-electron chi connectivity index (χ0n) is 17.9. The van der Waals surface area contributed by atoms with Crippen LogP contribution in [0.15, 0.2) is 48.5 Å². The normalized spacial score (nSPS) is 16.5. The molecule has 5 rings (SSSR count). The molecule has 0 unspecified atom stereocenters. The van der Waals surface area contributed by atoms with Crippen LogP contribution in [0.2, 0.25) is 0 Å². The average molecular weight is 419 g/mol. The van der Waals surface area contributed by atoms with Crippen molar-refractivity contribution in [2.45, 2.75) is 32.7 Å². The number of aromatic nitrogens is 2. The highest BCUT2D eigenvalue weighted by molar-refractivity contribution is 5.94. The molecule has 1 aromatic heterocycles. The third-order valence-corrected chi connectivity index (χ3v) is 6.35. The van der Waals surface area contributed by atoms with Crippen molar-refractivity contribution in [3.05, 3.63) is 82.4 Å². The summed E-state index contributed by atoms with van der Waals surface area (Å²) < 4.78 is 15.2. The van der Waals surface area contributed by atoms with Gasteiger partial charge in [0.2, 0.25) is 0 Å². The number of fused-ring (bicyclic) bond motifs is 1. The second-order valence-electron chi connectivity index (χ2n) is 8.57. The van der Waals surface area contributed by atoms with Gasteiger partial charge in [-0.1, -0.05) is 29.8 Å². The monoisotopic (exact) mass is 418 g/mol. The fourth-order valence-electron chi connectivity index (χ4n) is 4.73. The Morgan fingerprint density at radius 1 is 1.03 bits per heavy atom. The first-order chi connectivity index (χ1) is 15.1. The molecule has 2 heterocycles. The van der Waals surface area contributed by atoms with E-state index in [1.165, 1.54) is 23.3 Å². The first kappa shape index (κ1) is 19.9. The number of rotatable bonds is 4. The first-order valence-corrected chi connectivity index (χ1v) is 11.0. The first-order valence-electron chi connectivity index (χ1n) is 11.0. The van der Waals surface area contributed by atoms with Crippen LogP contribution in [0.1, 0.15) is 39.3 Å². The predicted octanol–water partition coefficient (Wildman–Crippen LogP) is 3.77. The lowest BCUT2D eigenvalue weighted by Gasteiger charge is -2.34. The van der Waals surface area contributed by atoms with Gasteiger partial charge in [-0.15, -0.1) is 0 Å². The molecule has 2 aromatic carbocycles. The summed E-state index contributed by atoms with van der Waals surface area (Å²) in [6, 6.07) is 14.9. The summed E-state index contributed by atoms with van der Waals surface area (Å²) in [6.45, 7) is 6.18. The molecule has 1 aliphatic carbocycles.